The highest BCUT2D eigenvalue weighted by Crippen LogP contribution is 2.49. The van der Waals surface area contributed by atoms with Crippen LogP contribution >= 0.6 is 15.9 Å². The van der Waals surface area contributed by atoms with Gasteiger partial charge in [0.15, 0.2) is 0 Å². The van der Waals surface area contributed by atoms with Crippen LogP contribution < -0.4 is 5.32 Å². The maximum Gasteiger partial charge on any atom is 0.224 e. The highest BCUT2D eigenvalue weighted by Gasteiger charge is 2.40. The van der Waals surface area contributed by atoms with E-state index >= 15 is 0 Å². The van der Waals surface area contributed by atoms with Crippen LogP contribution in [0.3, 0.4) is 0 Å². The van der Waals surface area contributed by atoms with Crippen molar-refractivity contribution >= 4 is 27.5 Å². The minimum Gasteiger partial charge on any atom is -0.326 e. The van der Waals surface area contributed by atoms with Crippen molar-refractivity contribution in [3.8, 4) is 0 Å². The summed E-state index contributed by atoms with van der Waals surface area (Å²) in [4.78, 5) is 12.2. The van der Waals surface area contributed by atoms with Gasteiger partial charge < -0.3 is 5.32 Å². The molecule has 2 aliphatic rings. The van der Waals surface area contributed by atoms with E-state index in [-0.39, 0.29) is 5.91 Å². The Hall–Kier alpha value is -0.830. The van der Waals surface area contributed by atoms with Crippen LogP contribution in [0.4, 0.5) is 5.69 Å². The fourth-order valence-electron chi connectivity index (χ4n) is 3.83. The molecule has 3 rings (SSSR count). The molecule has 2 bridgehead atoms. The minimum absolute atomic E-state index is 0.183. The van der Waals surface area contributed by atoms with Gasteiger partial charge in [0.25, 0.3) is 0 Å². The standard InChI is InChI=1S/C16H20BrNO/c1-10-6-14(17)4-5-15(10)18-16(19)9-13-8-11-2-3-12(13)7-11/h4-6,11-13H,2-3,7-9H2,1H3,(H,18,19)/t11-,12-,13+/m0/s1. The number of rotatable bonds is 3. The van der Waals surface area contributed by atoms with Crippen LogP contribution in [0.5, 0.6) is 0 Å². The smallest absolute Gasteiger partial charge is 0.224 e. The number of aryl methyl sites for hydroxylation is 1. The Balaban J connectivity index is 1.59. The molecule has 0 radical (unpaired) electrons. The normalized spacial score (nSPS) is 28.6. The summed E-state index contributed by atoms with van der Waals surface area (Å²) < 4.78 is 1.05. The number of amides is 1. The minimum atomic E-state index is 0.183. The molecule has 1 aromatic carbocycles. The Morgan fingerprint density at radius 1 is 1.37 bits per heavy atom. The molecular formula is C16H20BrNO. The monoisotopic (exact) mass is 321 g/mol. The van der Waals surface area contributed by atoms with Crippen LogP contribution in [-0.4, -0.2) is 5.91 Å². The topological polar surface area (TPSA) is 29.1 Å². The molecule has 0 aliphatic heterocycles. The summed E-state index contributed by atoms with van der Waals surface area (Å²) in [6, 6.07) is 5.98. The van der Waals surface area contributed by atoms with Gasteiger partial charge in [0.05, 0.1) is 0 Å². The number of anilines is 1. The van der Waals surface area contributed by atoms with Gasteiger partial charge in [0, 0.05) is 16.6 Å². The first-order valence-electron chi connectivity index (χ1n) is 7.18. The van der Waals surface area contributed by atoms with E-state index in [0.29, 0.717) is 12.3 Å². The molecule has 3 heteroatoms. The summed E-state index contributed by atoms with van der Waals surface area (Å²) in [5.41, 5.74) is 2.05. The molecule has 2 aliphatic carbocycles. The van der Waals surface area contributed by atoms with E-state index in [1.807, 2.05) is 25.1 Å². The number of halogens is 1. The van der Waals surface area contributed by atoms with Crippen molar-refractivity contribution in [3.63, 3.8) is 0 Å². The lowest BCUT2D eigenvalue weighted by molar-refractivity contribution is -0.117. The molecule has 0 saturated heterocycles. The number of carbonyl (C=O) groups excluding carboxylic acids is 1. The van der Waals surface area contributed by atoms with Gasteiger partial charge in [-0.1, -0.05) is 22.4 Å². The molecule has 102 valence electrons. The number of nitrogens with one attached hydrogen (secondary N) is 1. The third-order valence-corrected chi connectivity index (χ3v) is 5.29. The van der Waals surface area contributed by atoms with Crippen molar-refractivity contribution in [2.45, 2.75) is 39.0 Å². The lowest BCUT2D eigenvalue weighted by Gasteiger charge is -2.21. The van der Waals surface area contributed by atoms with E-state index in [1.54, 1.807) is 0 Å². The quantitative estimate of drug-likeness (QED) is 0.871. The van der Waals surface area contributed by atoms with Crippen molar-refractivity contribution in [2.24, 2.45) is 17.8 Å². The van der Waals surface area contributed by atoms with Crippen LogP contribution in [0.15, 0.2) is 22.7 Å². The first-order valence-corrected chi connectivity index (χ1v) is 7.97. The van der Waals surface area contributed by atoms with E-state index in [4.69, 9.17) is 0 Å². The van der Waals surface area contributed by atoms with Gasteiger partial charge >= 0.3 is 0 Å². The largest absolute Gasteiger partial charge is 0.326 e. The van der Waals surface area contributed by atoms with Gasteiger partial charge in [-0.25, -0.2) is 0 Å². The van der Waals surface area contributed by atoms with Gasteiger partial charge in [0.1, 0.15) is 0 Å². The average Bonchev–Trinajstić information content (AvgIpc) is 2.95. The van der Waals surface area contributed by atoms with Crippen LogP contribution in [0.2, 0.25) is 0 Å². The van der Waals surface area contributed by atoms with Gasteiger partial charge in [-0.2, -0.15) is 0 Å². The Bertz CT molecular complexity index is 500. The fraction of sp³-hybridized carbons (Fsp3) is 0.562. The first kappa shape index (κ1) is 13.2. The predicted octanol–water partition coefficient (Wildman–Crippen LogP) is 4.52. The van der Waals surface area contributed by atoms with Gasteiger partial charge in [-0.3, -0.25) is 4.79 Å². The molecule has 0 heterocycles. The molecule has 3 atom stereocenters. The van der Waals surface area contributed by atoms with Gasteiger partial charge in [-0.05, 0) is 67.7 Å². The van der Waals surface area contributed by atoms with Crippen LogP contribution in [0.25, 0.3) is 0 Å². The maximum absolute atomic E-state index is 12.2. The molecule has 2 nitrogen and oxygen atoms in total. The predicted molar refractivity (Wildman–Crippen MR) is 81.1 cm³/mol. The number of fused-ring (bicyclic) bond motifs is 2. The molecular weight excluding hydrogens is 302 g/mol. The molecule has 2 fully saturated rings. The number of hydrogen-bond donors (Lipinski definition) is 1. The Kier molecular flexibility index (Phi) is 3.66. The summed E-state index contributed by atoms with van der Waals surface area (Å²) in [6.07, 6.45) is 6.10. The first-order chi connectivity index (χ1) is 9.11. The highest BCUT2D eigenvalue weighted by molar-refractivity contribution is 9.10. The second-order valence-corrected chi connectivity index (χ2v) is 7.06. The Morgan fingerprint density at radius 3 is 2.84 bits per heavy atom. The lowest BCUT2D eigenvalue weighted by atomic mass is 9.86. The lowest BCUT2D eigenvalue weighted by Crippen LogP contribution is -2.20. The summed E-state index contributed by atoms with van der Waals surface area (Å²) in [5.74, 6) is 2.55. The molecule has 19 heavy (non-hydrogen) atoms. The van der Waals surface area contributed by atoms with E-state index in [2.05, 4.69) is 21.2 Å². The summed E-state index contributed by atoms with van der Waals surface area (Å²) in [5, 5.41) is 3.06. The fourth-order valence-corrected chi connectivity index (χ4v) is 4.31. The number of carbonyl (C=O) groups is 1. The van der Waals surface area contributed by atoms with Crippen LogP contribution in [0, 0.1) is 24.7 Å². The zero-order chi connectivity index (χ0) is 13.4. The summed E-state index contributed by atoms with van der Waals surface area (Å²) in [6.45, 7) is 2.03. The van der Waals surface area contributed by atoms with Crippen molar-refractivity contribution in [1.29, 1.82) is 0 Å². The van der Waals surface area contributed by atoms with Crippen LogP contribution in [0.1, 0.15) is 37.7 Å². The summed E-state index contributed by atoms with van der Waals surface area (Å²) >= 11 is 3.44. The molecule has 2 saturated carbocycles. The van der Waals surface area contributed by atoms with E-state index in [1.165, 1.54) is 25.7 Å². The number of benzene rings is 1. The molecule has 1 aromatic rings. The summed E-state index contributed by atoms with van der Waals surface area (Å²) in [7, 11) is 0. The SMILES string of the molecule is Cc1cc(Br)ccc1NC(=O)C[C@H]1C[C@H]2CC[C@H]1C2. The third-order valence-electron chi connectivity index (χ3n) is 4.79. The Labute approximate surface area is 123 Å². The van der Waals surface area contributed by atoms with Crippen molar-refractivity contribution in [3.05, 3.63) is 28.2 Å². The van der Waals surface area contributed by atoms with Crippen molar-refractivity contribution < 1.29 is 4.79 Å². The maximum atomic E-state index is 12.2. The van der Waals surface area contributed by atoms with Gasteiger partial charge in [-0.15, -0.1) is 0 Å². The van der Waals surface area contributed by atoms with E-state index in [0.717, 1.165) is 27.6 Å². The highest BCUT2D eigenvalue weighted by atomic mass is 79.9. The molecule has 1 N–H and O–H groups in total. The molecule has 0 spiro atoms. The zero-order valence-electron chi connectivity index (χ0n) is 11.3. The third kappa shape index (κ3) is 2.86. The molecule has 1 amide bonds. The Morgan fingerprint density at radius 2 is 2.21 bits per heavy atom. The second kappa shape index (κ2) is 5.28. The van der Waals surface area contributed by atoms with Gasteiger partial charge in [0.2, 0.25) is 5.91 Å². The van der Waals surface area contributed by atoms with Crippen molar-refractivity contribution in [1.82, 2.24) is 0 Å². The van der Waals surface area contributed by atoms with E-state index < -0.39 is 0 Å². The van der Waals surface area contributed by atoms with Crippen LogP contribution in [-0.2, 0) is 4.79 Å². The molecule has 0 unspecified atom stereocenters. The molecule has 0 aromatic heterocycles. The second-order valence-electron chi connectivity index (χ2n) is 6.15. The zero-order valence-corrected chi connectivity index (χ0v) is 12.9. The van der Waals surface area contributed by atoms with E-state index in [9.17, 15) is 4.79 Å². The average molecular weight is 322 g/mol. The number of hydrogen-bond acceptors (Lipinski definition) is 1. The van der Waals surface area contributed by atoms with Crippen molar-refractivity contribution in [2.75, 3.05) is 5.32 Å².